The predicted molar refractivity (Wildman–Crippen MR) is 86.8 cm³/mol. The van der Waals surface area contributed by atoms with Crippen LogP contribution < -0.4 is 0 Å². The minimum atomic E-state index is -0.471. The van der Waals surface area contributed by atoms with Gasteiger partial charge in [0.2, 0.25) is 0 Å². The lowest BCUT2D eigenvalue weighted by atomic mass is 10.1. The van der Waals surface area contributed by atoms with Gasteiger partial charge in [-0.25, -0.2) is 4.39 Å². The number of rotatable bonds is 5. The van der Waals surface area contributed by atoms with Gasteiger partial charge in [0.25, 0.3) is 5.91 Å². The summed E-state index contributed by atoms with van der Waals surface area (Å²) in [6.45, 7) is 0.402. The van der Waals surface area contributed by atoms with Crippen LogP contribution in [0.2, 0.25) is 0 Å². The average molecular weight is 325 g/mol. The Morgan fingerprint density at radius 3 is 2.58 bits per heavy atom. The molecule has 0 fully saturated rings. The molecular formula is C19H16FNO3. The number of aromatic hydroxyl groups is 1. The van der Waals surface area contributed by atoms with E-state index < -0.39 is 5.82 Å². The van der Waals surface area contributed by atoms with Crippen LogP contribution in [-0.2, 0) is 13.1 Å². The molecular weight excluding hydrogens is 309 g/mol. The van der Waals surface area contributed by atoms with Crippen LogP contribution >= 0.6 is 0 Å². The van der Waals surface area contributed by atoms with E-state index in [0.29, 0.717) is 11.3 Å². The lowest BCUT2D eigenvalue weighted by Crippen LogP contribution is -2.30. The zero-order valence-electron chi connectivity index (χ0n) is 12.9. The van der Waals surface area contributed by atoms with Crippen molar-refractivity contribution >= 4 is 5.91 Å². The Kier molecular flexibility index (Phi) is 4.61. The molecule has 0 aliphatic heterocycles. The van der Waals surface area contributed by atoms with E-state index in [1.807, 2.05) is 0 Å². The number of hydrogen-bond donors (Lipinski definition) is 1. The molecule has 5 heteroatoms. The maximum atomic E-state index is 13.4. The third kappa shape index (κ3) is 3.63. The summed E-state index contributed by atoms with van der Waals surface area (Å²) in [6, 6.07) is 15.8. The highest BCUT2D eigenvalue weighted by Crippen LogP contribution is 2.21. The van der Waals surface area contributed by atoms with Crippen molar-refractivity contribution in [3.05, 3.63) is 89.6 Å². The standard InChI is InChI=1S/C19H16FNO3/c20-16-7-3-6-14(11-16)19(23)21(13-17-8-4-10-24-17)12-15-5-1-2-9-18(15)22/h1-11,22H,12-13H2. The first-order chi connectivity index (χ1) is 11.6. The van der Waals surface area contributed by atoms with Crippen molar-refractivity contribution in [3.63, 3.8) is 0 Å². The molecule has 1 amide bonds. The van der Waals surface area contributed by atoms with Crippen LogP contribution in [0.15, 0.2) is 71.3 Å². The zero-order valence-corrected chi connectivity index (χ0v) is 12.9. The van der Waals surface area contributed by atoms with Crippen LogP contribution in [0.1, 0.15) is 21.7 Å². The Labute approximate surface area is 138 Å². The molecule has 0 radical (unpaired) electrons. The first-order valence-corrected chi connectivity index (χ1v) is 7.47. The summed E-state index contributed by atoms with van der Waals surface area (Å²) in [5.41, 5.74) is 0.853. The minimum absolute atomic E-state index is 0.106. The third-order valence-electron chi connectivity index (χ3n) is 3.64. The van der Waals surface area contributed by atoms with Crippen LogP contribution in [0.3, 0.4) is 0 Å². The zero-order chi connectivity index (χ0) is 16.9. The monoisotopic (exact) mass is 325 g/mol. The van der Waals surface area contributed by atoms with Crippen molar-refractivity contribution in [1.82, 2.24) is 4.90 Å². The van der Waals surface area contributed by atoms with E-state index in [2.05, 4.69) is 0 Å². The molecule has 0 aliphatic carbocycles. The van der Waals surface area contributed by atoms with Crippen LogP contribution in [0.5, 0.6) is 5.75 Å². The Bertz CT molecular complexity index is 830. The van der Waals surface area contributed by atoms with E-state index >= 15 is 0 Å². The van der Waals surface area contributed by atoms with Gasteiger partial charge in [-0.3, -0.25) is 4.79 Å². The first-order valence-electron chi connectivity index (χ1n) is 7.47. The van der Waals surface area contributed by atoms with Gasteiger partial charge >= 0.3 is 0 Å². The summed E-state index contributed by atoms with van der Waals surface area (Å²) in [5.74, 6) is -0.0975. The number of carbonyl (C=O) groups excluding carboxylic acids is 1. The molecule has 0 unspecified atom stereocenters. The molecule has 1 N–H and O–H groups in total. The fraction of sp³-hybridized carbons (Fsp3) is 0.105. The third-order valence-corrected chi connectivity index (χ3v) is 3.64. The van der Waals surface area contributed by atoms with Crippen molar-refractivity contribution in [2.24, 2.45) is 0 Å². The van der Waals surface area contributed by atoms with Gasteiger partial charge in [-0.1, -0.05) is 24.3 Å². The maximum Gasteiger partial charge on any atom is 0.254 e. The maximum absolute atomic E-state index is 13.4. The van der Waals surface area contributed by atoms with E-state index in [0.717, 1.165) is 0 Å². The second-order valence-electron chi connectivity index (χ2n) is 5.38. The van der Waals surface area contributed by atoms with E-state index in [1.54, 1.807) is 42.5 Å². The number of nitrogens with zero attached hydrogens (tertiary/aromatic N) is 1. The fourth-order valence-electron chi connectivity index (χ4n) is 2.44. The highest BCUT2D eigenvalue weighted by Gasteiger charge is 2.19. The Hall–Kier alpha value is -3.08. The number of phenols is 1. The molecule has 4 nitrogen and oxygen atoms in total. The molecule has 3 rings (SSSR count). The number of carbonyl (C=O) groups is 1. The second-order valence-corrected chi connectivity index (χ2v) is 5.38. The van der Waals surface area contributed by atoms with Gasteiger partial charge in [-0.15, -0.1) is 0 Å². The van der Waals surface area contributed by atoms with Gasteiger partial charge in [-0.05, 0) is 36.4 Å². The van der Waals surface area contributed by atoms with Crippen LogP contribution in [-0.4, -0.2) is 15.9 Å². The molecule has 0 saturated carbocycles. The van der Waals surface area contributed by atoms with Crippen LogP contribution in [0, 0.1) is 5.82 Å². The first kappa shape index (κ1) is 15.8. The van der Waals surface area contributed by atoms with Crippen LogP contribution in [0.4, 0.5) is 4.39 Å². The van der Waals surface area contributed by atoms with Gasteiger partial charge in [0.15, 0.2) is 0 Å². The number of phenolic OH excluding ortho intramolecular Hbond substituents is 1. The lowest BCUT2D eigenvalue weighted by molar-refractivity contribution is 0.0716. The number of amides is 1. The van der Waals surface area contributed by atoms with Crippen molar-refractivity contribution in [3.8, 4) is 5.75 Å². The van der Waals surface area contributed by atoms with Gasteiger partial charge in [0, 0.05) is 11.1 Å². The van der Waals surface area contributed by atoms with Gasteiger partial charge in [-0.2, -0.15) is 0 Å². The molecule has 1 heterocycles. The normalized spacial score (nSPS) is 10.5. The van der Waals surface area contributed by atoms with E-state index in [9.17, 15) is 14.3 Å². The second kappa shape index (κ2) is 7.00. The topological polar surface area (TPSA) is 53.7 Å². The minimum Gasteiger partial charge on any atom is -0.508 e. The summed E-state index contributed by atoms with van der Waals surface area (Å²) < 4.78 is 18.7. The molecule has 0 spiro atoms. The van der Waals surface area contributed by atoms with Crippen molar-refractivity contribution in [2.75, 3.05) is 0 Å². The highest BCUT2D eigenvalue weighted by atomic mass is 19.1. The van der Waals surface area contributed by atoms with Gasteiger partial charge < -0.3 is 14.4 Å². The SMILES string of the molecule is O=C(c1cccc(F)c1)N(Cc1ccco1)Cc1ccccc1O. The number of furan rings is 1. The summed E-state index contributed by atoms with van der Waals surface area (Å²) in [6.07, 6.45) is 1.53. The number of benzene rings is 2. The molecule has 0 atom stereocenters. The van der Waals surface area contributed by atoms with Crippen molar-refractivity contribution < 1.29 is 18.7 Å². The number of hydrogen-bond acceptors (Lipinski definition) is 3. The Balaban J connectivity index is 1.89. The molecule has 0 bridgehead atoms. The predicted octanol–water partition coefficient (Wildman–Crippen LogP) is 3.97. The molecule has 2 aromatic carbocycles. The van der Waals surface area contributed by atoms with Crippen molar-refractivity contribution in [2.45, 2.75) is 13.1 Å². The van der Waals surface area contributed by atoms with E-state index in [4.69, 9.17) is 4.42 Å². The molecule has 3 aromatic rings. The Morgan fingerprint density at radius 2 is 1.88 bits per heavy atom. The number of halogens is 1. The van der Waals surface area contributed by atoms with Crippen molar-refractivity contribution in [1.29, 1.82) is 0 Å². The summed E-state index contributed by atoms with van der Waals surface area (Å²) in [5, 5.41) is 9.96. The molecule has 1 aromatic heterocycles. The molecule has 24 heavy (non-hydrogen) atoms. The van der Waals surface area contributed by atoms with Gasteiger partial charge in [0.05, 0.1) is 19.4 Å². The lowest BCUT2D eigenvalue weighted by Gasteiger charge is -2.22. The number of para-hydroxylation sites is 1. The summed E-state index contributed by atoms with van der Waals surface area (Å²) in [7, 11) is 0. The smallest absolute Gasteiger partial charge is 0.254 e. The molecule has 0 aliphatic rings. The Morgan fingerprint density at radius 1 is 1.04 bits per heavy atom. The van der Waals surface area contributed by atoms with Gasteiger partial charge in [0.1, 0.15) is 17.3 Å². The summed E-state index contributed by atoms with van der Waals surface area (Å²) in [4.78, 5) is 14.3. The quantitative estimate of drug-likeness (QED) is 0.772. The average Bonchev–Trinajstić information content (AvgIpc) is 3.08. The highest BCUT2D eigenvalue weighted by molar-refractivity contribution is 5.94. The van der Waals surface area contributed by atoms with E-state index in [1.165, 1.54) is 29.4 Å². The molecule has 122 valence electrons. The van der Waals surface area contributed by atoms with Crippen LogP contribution in [0.25, 0.3) is 0 Å². The molecule has 0 saturated heterocycles. The summed E-state index contributed by atoms with van der Waals surface area (Å²) >= 11 is 0. The largest absolute Gasteiger partial charge is 0.508 e. The van der Waals surface area contributed by atoms with E-state index in [-0.39, 0.29) is 30.3 Å². The fourth-order valence-corrected chi connectivity index (χ4v) is 2.44.